The fraction of sp³-hybridized carbons (Fsp3) is 0.107. The lowest BCUT2D eigenvalue weighted by Crippen LogP contribution is -2.08. The van der Waals surface area contributed by atoms with E-state index in [1.807, 2.05) is 78.9 Å². The van der Waals surface area contributed by atoms with Crippen LogP contribution in [-0.4, -0.2) is 23.8 Å². The third kappa shape index (κ3) is 5.36. The lowest BCUT2D eigenvalue weighted by Gasteiger charge is -2.09. The summed E-state index contributed by atoms with van der Waals surface area (Å²) in [5, 5.41) is 1.65. The largest absolute Gasteiger partial charge is 0.465 e. The molecule has 4 aromatic rings. The minimum Gasteiger partial charge on any atom is -0.465 e. The number of methoxy groups -OCH3 is 1. The van der Waals surface area contributed by atoms with Gasteiger partial charge in [-0.2, -0.15) is 0 Å². The quantitative estimate of drug-likeness (QED) is 0.231. The third-order valence-electron chi connectivity index (χ3n) is 5.41. The number of nitrogens with zero attached hydrogens (tertiary/aromatic N) is 1. The molecule has 0 radical (unpaired) electrons. The van der Waals surface area contributed by atoms with Crippen molar-refractivity contribution in [1.82, 2.24) is 4.98 Å². The molecule has 0 spiro atoms. The molecule has 1 aromatic heterocycles. The predicted octanol–water partition coefficient (Wildman–Crippen LogP) is 6.66. The smallest absolute Gasteiger partial charge is 0.338 e. The molecule has 0 atom stereocenters. The van der Waals surface area contributed by atoms with Crippen molar-refractivity contribution in [1.29, 1.82) is 0 Å². The zero-order chi connectivity index (χ0) is 23.2. The SMILES string of the molecule is COC(=O)c1ccccc1CCC(=O)c1ccccc1/C=C/c1ccc2ccc(Cl)cc2n1. The van der Waals surface area contributed by atoms with Crippen LogP contribution in [0.1, 0.15) is 44.0 Å². The molecule has 0 aliphatic rings. The topological polar surface area (TPSA) is 56.3 Å². The van der Waals surface area contributed by atoms with Gasteiger partial charge in [0, 0.05) is 22.4 Å². The van der Waals surface area contributed by atoms with Gasteiger partial charge in [0.25, 0.3) is 0 Å². The van der Waals surface area contributed by atoms with Crippen molar-refractivity contribution >= 4 is 46.4 Å². The highest BCUT2D eigenvalue weighted by atomic mass is 35.5. The summed E-state index contributed by atoms with van der Waals surface area (Å²) in [6, 6.07) is 24.2. The highest BCUT2D eigenvalue weighted by Crippen LogP contribution is 2.21. The number of hydrogen-bond donors (Lipinski definition) is 0. The number of pyridine rings is 1. The molecule has 4 nitrogen and oxygen atoms in total. The Labute approximate surface area is 197 Å². The third-order valence-corrected chi connectivity index (χ3v) is 5.65. The van der Waals surface area contributed by atoms with E-state index in [2.05, 4.69) is 4.98 Å². The molecule has 1 heterocycles. The van der Waals surface area contributed by atoms with Crippen LogP contribution in [0.15, 0.2) is 78.9 Å². The van der Waals surface area contributed by atoms with Crippen LogP contribution in [0, 0.1) is 0 Å². The van der Waals surface area contributed by atoms with Crippen LogP contribution in [0.5, 0.6) is 0 Å². The first-order chi connectivity index (χ1) is 16.0. The molecular weight excluding hydrogens is 434 g/mol. The molecule has 0 saturated heterocycles. The maximum absolute atomic E-state index is 13.0. The first kappa shape index (κ1) is 22.4. The normalized spacial score (nSPS) is 11.1. The number of aromatic nitrogens is 1. The Hall–Kier alpha value is -3.76. The molecule has 164 valence electrons. The van der Waals surface area contributed by atoms with Gasteiger partial charge in [0.05, 0.1) is 23.9 Å². The number of ether oxygens (including phenoxy) is 1. The van der Waals surface area contributed by atoms with E-state index in [1.54, 1.807) is 12.1 Å². The fourth-order valence-electron chi connectivity index (χ4n) is 3.70. The van der Waals surface area contributed by atoms with Crippen LogP contribution < -0.4 is 0 Å². The standard InChI is InChI=1S/C28H22ClNO3/c1-33-28(32)25-9-5-3-7-20(25)13-17-27(31)24-8-4-2-6-19(24)11-15-23-16-12-21-10-14-22(29)18-26(21)30-23/h2-12,14-16,18H,13,17H2,1H3/b15-11+. The number of halogens is 1. The van der Waals surface area contributed by atoms with E-state index in [-0.39, 0.29) is 12.2 Å². The molecule has 0 fully saturated rings. The Morgan fingerprint density at radius 2 is 1.64 bits per heavy atom. The molecular formula is C28H22ClNO3. The minimum atomic E-state index is -0.398. The predicted molar refractivity (Wildman–Crippen MR) is 133 cm³/mol. The molecule has 0 saturated carbocycles. The molecule has 33 heavy (non-hydrogen) atoms. The van der Waals surface area contributed by atoms with Crippen molar-refractivity contribution in [2.24, 2.45) is 0 Å². The monoisotopic (exact) mass is 455 g/mol. The fourth-order valence-corrected chi connectivity index (χ4v) is 3.87. The second-order valence-corrected chi connectivity index (χ2v) is 8.00. The molecule has 0 unspecified atom stereocenters. The number of benzene rings is 3. The summed E-state index contributed by atoms with van der Waals surface area (Å²) in [5.74, 6) is -0.390. The van der Waals surface area contributed by atoms with Crippen molar-refractivity contribution < 1.29 is 14.3 Å². The number of carbonyl (C=O) groups is 2. The molecule has 0 amide bonds. The molecule has 0 bridgehead atoms. The number of carbonyl (C=O) groups excluding carboxylic acids is 2. The van der Waals surface area contributed by atoms with E-state index in [0.717, 1.165) is 27.7 Å². The zero-order valence-corrected chi connectivity index (χ0v) is 18.9. The first-order valence-electron chi connectivity index (χ1n) is 10.6. The summed E-state index contributed by atoms with van der Waals surface area (Å²) in [5.41, 5.74) is 4.33. The van der Waals surface area contributed by atoms with Crippen LogP contribution >= 0.6 is 11.6 Å². The Bertz CT molecular complexity index is 1360. The highest BCUT2D eigenvalue weighted by Gasteiger charge is 2.14. The second-order valence-electron chi connectivity index (χ2n) is 7.57. The van der Waals surface area contributed by atoms with Gasteiger partial charge in [-0.15, -0.1) is 0 Å². The summed E-state index contributed by atoms with van der Waals surface area (Å²) < 4.78 is 4.85. The number of rotatable bonds is 7. The van der Waals surface area contributed by atoms with Crippen LogP contribution in [-0.2, 0) is 11.2 Å². The number of esters is 1. The lowest BCUT2D eigenvalue weighted by atomic mass is 9.96. The number of aryl methyl sites for hydroxylation is 1. The Balaban J connectivity index is 1.53. The summed E-state index contributed by atoms with van der Waals surface area (Å²) >= 11 is 6.09. The van der Waals surface area contributed by atoms with E-state index in [1.165, 1.54) is 7.11 Å². The summed E-state index contributed by atoms with van der Waals surface area (Å²) in [6.07, 6.45) is 4.52. The van der Waals surface area contributed by atoms with Crippen LogP contribution in [0.4, 0.5) is 0 Å². The molecule has 4 rings (SSSR count). The molecule has 5 heteroatoms. The van der Waals surface area contributed by atoms with Gasteiger partial charge < -0.3 is 4.74 Å². The Morgan fingerprint density at radius 3 is 2.45 bits per heavy atom. The van der Waals surface area contributed by atoms with E-state index in [0.29, 0.717) is 22.6 Å². The number of hydrogen-bond acceptors (Lipinski definition) is 4. The number of ketones is 1. The van der Waals surface area contributed by atoms with Gasteiger partial charge in [-0.3, -0.25) is 4.79 Å². The van der Waals surface area contributed by atoms with Crippen molar-refractivity contribution in [2.75, 3.05) is 7.11 Å². The average molecular weight is 456 g/mol. The average Bonchev–Trinajstić information content (AvgIpc) is 2.85. The second kappa shape index (κ2) is 10.2. The van der Waals surface area contributed by atoms with Gasteiger partial charge in [-0.05, 0) is 47.9 Å². The summed E-state index contributed by atoms with van der Waals surface area (Å²) in [7, 11) is 1.35. The van der Waals surface area contributed by atoms with Crippen molar-refractivity contribution in [3.05, 3.63) is 112 Å². The highest BCUT2D eigenvalue weighted by molar-refractivity contribution is 6.31. The molecule has 0 N–H and O–H groups in total. The Kier molecular flexibility index (Phi) is 6.96. The van der Waals surface area contributed by atoms with Crippen molar-refractivity contribution in [2.45, 2.75) is 12.8 Å². The van der Waals surface area contributed by atoms with Gasteiger partial charge in [-0.1, -0.05) is 72.3 Å². The summed E-state index contributed by atoms with van der Waals surface area (Å²) in [4.78, 5) is 29.7. The van der Waals surface area contributed by atoms with Gasteiger partial charge >= 0.3 is 5.97 Å². The zero-order valence-electron chi connectivity index (χ0n) is 18.1. The molecule has 0 aliphatic carbocycles. The number of fused-ring (bicyclic) bond motifs is 1. The summed E-state index contributed by atoms with van der Waals surface area (Å²) in [6.45, 7) is 0. The van der Waals surface area contributed by atoms with Crippen LogP contribution in [0.3, 0.4) is 0 Å². The van der Waals surface area contributed by atoms with Gasteiger partial charge in [-0.25, -0.2) is 9.78 Å². The van der Waals surface area contributed by atoms with E-state index in [9.17, 15) is 9.59 Å². The molecule has 3 aromatic carbocycles. The van der Waals surface area contributed by atoms with Gasteiger partial charge in [0.15, 0.2) is 5.78 Å². The van der Waals surface area contributed by atoms with Crippen LogP contribution in [0.2, 0.25) is 5.02 Å². The van der Waals surface area contributed by atoms with Gasteiger partial charge in [0.2, 0.25) is 0 Å². The van der Waals surface area contributed by atoms with E-state index < -0.39 is 5.97 Å². The van der Waals surface area contributed by atoms with Crippen molar-refractivity contribution in [3.63, 3.8) is 0 Å². The maximum atomic E-state index is 13.0. The lowest BCUT2D eigenvalue weighted by molar-refractivity contribution is 0.0599. The van der Waals surface area contributed by atoms with Crippen molar-refractivity contribution in [3.8, 4) is 0 Å². The minimum absolute atomic E-state index is 0.00757. The maximum Gasteiger partial charge on any atom is 0.338 e. The first-order valence-corrected chi connectivity index (χ1v) is 11.0. The molecule has 0 aliphatic heterocycles. The number of Topliss-reactive ketones (excluding diaryl/α,β-unsaturated/α-hetero) is 1. The van der Waals surface area contributed by atoms with E-state index in [4.69, 9.17) is 16.3 Å². The van der Waals surface area contributed by atoms with E-state index >= 15 is 0 Å². The van der Waals surface area contributed by atoms with Crippen LogP contribution in [0.25, 0.3) is 23.1 Å². The van der Waals surface area contributed by atoms with Gasteiger partial charge in [0.1, 0.15) is 0 Å². The Morgan fingerprint density at radius 1 is 0.909 bits per heavy atom.